The fraction of sp³-hybridized carbons (Fsp3) is 0.846. The van der Waals surface area contributed by atoms with Crippen molar-refractivity contribution in [2.45, 2.75) is 51.2 Å². The average Bonchev–Trinajstić information content (AvgIpc) is 2.98. The minimum Gasteiger partial charge on any atom is -0.376 e. The van der Waals surface area contributed by atoms with Crippen LogP contribution in [0.15, 0.2) is 0 Å². The molecule has 18 heavy (non-hydrogen) atoms. The van der Waals surface area contributed by atoms with Crippen LogP contribution in [0.2, 0.25) is 0 Å². The van der Waals surface area contributed by atoms with Gasteiger partial charge in [-0.15, -0.1) is 0 Å². The van der Waals surface area contributed by atoms with Gasteiger partial charge in [0.25, 0.3) is 0 Å². The number of amides is 2. The van der Waals surface area contributed by atoms with Gasteiger partial charge in [-0.2, -0.15) is 0 Å². The molecule has 5 heteroatoms. The molecular weight excluding hydrogens is 232 g/mol. The number of carbonyl (C=O) groups excluding carboxylic acids is 2. The van der Waals surface area contributed by atoms with Gasteiger partial charge in [0.05, 0.1) is 6.10 Å². The first-order chi connectivity index (χ1) is 8.65. The minimum atomic E-state index is 0.0183. The van der Waals surface area contributed by atoms with Crippen LogP contribution in [0, 0.1) is 0 Å². The summed E-state index contributed by atoms with van der Waals surface area (Å²) in [4.78, 5) is 24.8. The summed E-state index contributed by atoms with van der Waals surface area (Å²) in [6, 6.07) is 0.390. The van der Waals surface area contributed by atoms with Crippen molar-refractivity contribution in [3.63, 3.8) is 0 Å². The van der Waals surface area contributed by atoms with E-state index in [2.05, 4.69) is 5.32 Å². The van der Waals surface area contributed by atoms with Gasteiger partial charge < -0.3 is 15.0 Å². The zero-order chi connectivity index (χ0) is 13.0. The van der Waals surface area contributed by atoms with Gasteiger partial charge in [0.2, 0.25) is 11.8 Å². The molecule has 1 aliphatic heterocycles. The van der Waals surface area contributed by atoms with Gasteiger partial charge in [-0.1, -0.05) is 0 Å². The first kappa shape index (κ1) is 13.3. The maximum absolute atomic E-state index is 11.6. The fourth-order valence-corrected chi connectivity index (χ4v) is 2.18. The van der Waals surface area contributed by atoms with Crippen molar-refractivity contribution in [3.8, 4) is 0 Å². The van der Waals surface area contributed by atoms with Gasteiger partial charge in [0.1, 0.15) is 0 Å². The summed E-state index contributed by atoms with van der Waals surface area (Å²) in [7, 11) is 0. The summed E-state index contributed by atoms with van der Waals surface area (Å²) in [5, 5.41) is 2.93. The highest BCUT2D eigenvalue weighted by atomic mass is 16.5. The number of hydrogen-bond acceptors (Lipinski definition) is 3. The van der Waals surface area contributed by atoms with Crippen LogP contribution < -0.4 is 5.32 Å². The van der Waals surface area contributed by atoms with E-state index in [-0.39, 0.29) is 17.9 Å². The van der Waals surface area contributed by atoms with Crippen LogP contribution >= 0.6 is 0 Å². The van der Waals surface area contributed by atoms with E-state index in [1.807, 2.05) is 0 Å². The maximum atomic E-state index is 11.6. The zero-order valence-corrected chi connectivity index (χ0v) is 11.0. The van der Waals surface area contributed by atoms with Crippen molar-refractivity contribution >= 4 is 11.8 Å². The van der Waals surface area contributed by atoms with E-state index in [1.165, 1.54) is 0 Å². The van der Waals surface area contributed by atoms with Crippen molar-refractivity contribution in [2.24, 2.45) is 0 Å². The molecule has 2 aliphatic rings. The van der Waals surface area contributed by atoms with Gasteiger partial charge in [0, 0.05) is 39.1 Å². The van der Waals surface area contributed by atoms with Gasteiger partial charge in [0.15, 0.2) is 0 Å². The van der Waals surface area contributed by atoms with E-state index in [9.17, 15) is 9.59 Å². The molecule has 5 nitrogen and oxygen atoms in total. The summed E-state index contributed by atoms with van der Waals surface area (Å²) in [6.07, 6.45) is 4.82. The summed E-state index contributed by atoms with van der Waals surface area (Å²) in [5.41, 5.74) is 0. The molecule has 2 fully saturated rings. The van der Waals surface area contributed by atoms with Gasteiger partial charge in [-0.25, -0.2) is 0 Å². The predicted octanol–water partition coefficient (Wildman–Crippen LogP) is 0.683. The molecule has 1 aliphatic carbocycles. The molecule has 1 heterocycles. The molecule has 0 aromatic rings. The second kappa shape index (κ2) is 6.18. The van der Waals surface area contributed by atoms with Crippen LogP contribution in [0.1, 0.15) is 39.0 Å². The van der Waals surface area contributed by atoms with Crippen molar-refractivity contribution in [3.05, 3.63) is 0 Å². The highest BCUT2D eigenvalue weighted by Gasteiger charge is 2.24. The molecule has 1 saturated heterocycles. The third kappa shape index (κ3) is 4.29. The Bertz CT molecular complexity index is 309. The third-order valence-electron chi connectivity index (χ3n) is 3.44. The molecule has 1 unspecified atom stereocenters. The molecule has 0 bridgehead atoms. The lowest BCUT2D eigenvalue weighted by Crippen LogP contribution is -2.38. The summed E-state index contributed by atoms with van der Waals surface area (Å²) < 4.78 is 5.52. The highest BCUT2D eigenvalue weighted by Crippen LogP contribution is 2.18. The number of nitrogens with zero attached hydrogens (tertiary/aromatic N) is 1. The van der Waals surface area contributed by atoms with Crippen LogP contribution in [-0.4, -0.2) is 48.6 Å². The Morgan fingerprint density at radius 2 is 2.11 bits per heavy atom. The fourth-order valence-electron chi connectivity index (χ4n) is 2.18. The van der Waals surface area contributed by atoms with Gasteiger partial charge in [-0.3, -0.25) is 9.59 Å². The monoisotopic (exact) mass is 254 g/mol. The molecule has 102 valence electrons. The first-order valence-electron chi connectivity index (χ1n) is 6.81. The maximum Gasteiger partial charge on any atom is 0.221 e. The quantitative estimate of drug-likeness (QED) is 0.758. The molecule has 1 saturated carbocycles. The Morgan fingerprint density at radius 1 is 1.33 bits per heavy atom. The lowest BCUT2D eigenvalue weighted by atomic mass is 10.2. The lowest BCUT2D eigenvalue weighted by molar-refractivity contribution is -0.131. The Balaban J connectivity index is 1.70. The second-order valence-electron chi connectivity index (χ2n) is 5.19. The number of carbonyl (C=O) groups is 2. The smallest absolute Gasteiger partial charge is 0.221 e. The molecule has 0 radical (unpaired) electrons. The summed E-state index contributed by atoms with van der Waals surface area (Å²) >= 11 is 0. The molecule has 2 amide bonds. The van der Waals surface area contributed by atoms with E-state index in [0.717, 1.165) is 32.3 Å². The molecule has 2 rings (SSSR count). The van der Waals surface area contributed by atoms with Crippen LogP contribution in [0.25, 0.3) is 0 Å². The van der Waals surface area contributed by atoms with Crippen molar-refractivity contribution in [2.75, 3.05) is 19.7 Å². The van der Waals surface area contributed by atoms with E-state index in [1.54, 1.807) is 11.8 Å². The molecule has 0 aromatic carbocycles. The Kier molecular flexibility index (Phi) is 4.58. The predicted molar refractivity (Wildman–Crippen MR) is 67.0 cm³/mol. The van der Waals surface area contributed by atoms with Crippen molar-refractivity contribution in [1.82, 2.24) is 10.2 Å². The van der Waals surface area contributed by atoms with Crippen LogP contribution in [0.3, 0.4) is 0 Å². The summed E-state index contributed by atoms with van der Waals surface area (Å²) in [6.45, 7) is 3.45. The van der Waals surface area contributed by atoms with Crippen molar-refractivity contribution < 1.29 is 14.3 Å². The molecule has 1 N–H and O–H groups in total. The van der Waals surface area contributed by atoms with E-state index in [0.29, 0.717) is 25.6 Å². The van der Waals surface area contributed by atoms with Gasteiger partial charge >= 0.3 is 0 Å². The average molecular weight is 254 g/mol. The van der Waals surface area contributed by atoms with Crippen LogP contribution in [-0.2, 0) is 14.3 Å². The van der Waals surface area contributed by atoms with Crippen LogP contribution in [0.4, 0.5) is 0 Å². The second-order valence-corrected chi connectivity index (χ2v) is 5.19. The lowest BCUT2D eigenvalue weighted by Gasteiger charge is -2.23. The van der Waals surface area contributed by atoms with Crippen molar-refractivity contribution in [1.29, 1.82) is 0 Å². The normalized spacial score (nSPS) is 22.8. The summed E-state index contributed by atoms with van der Waals surface area (Å²) in [5.74, 6) is 0.0702. The topological polar surface area (TPSA) is 58.6 Å². The number of nitrogens with one attached hydrogen (secondary N) is 1. The molecule has 1 atom stereocenters. The molecule has 0 aromatic heterocycles. The molecular formula is C13H22N2O3. The Labute approximate surface area is 108 Å². The first-order valence-corrected chi connectivity index (χ1v) is 6.81. The largest absolute Gasteiger partial charge is 0.376 e. The van der Waals surface area contributed by atoms with Gasteiger partial charge in [-0.05, 0) is 25.7 Å². The Morgan fingerprint density at radius 3 is 2.67 bits per heavy atom. The number of ether oxygens (including phenoxy) is 1. The van der Waals surface area contributed by atoms with E-state index in [4.69, 9.17) is 4.74 Å². The Hall–Kier alpha value is -1.10. The minimum absolute atomic E-state index is 0.0183. The third-order valence-corrected chi connectivity index (χ3v) is 3.44. The number of rotatable bonds is 6. The van der Waals surface area contributed by atoms with E-state index >= 15 is 0 Å². The standard InChI is InChI=1S/C13H22N2O3/c1-10(16)15(9-12-3-2-8-18-12)7-6-13(17)14-11-4-5-11/h11-12H,2-9H2,1H3,(H,14,17). The van der Waals surface area contributed by atoms with E-state index < -0.39 is 0 Å². The molecule has 0 spiro atoms. The highest BCUT2D eigenvalue weighted by molar-refractivity contribution is 5.78. The zero-order valence-electron chi connectivity index (χ0n) is 11.0. The number of hydrogen-bond donors (Lipinski definition) is 1. The van der Waals surface area contributed by atoms with Crippen LogP contribution in [0.5, 0.6) is 0 Å². The SMILES string of the molecule is CC(=O)N(CCC(=O)NC1CC1)CC1CCCO1.